The van der Waals surface area contributed by atoms with Crippen LogP contribution in [-0.4, -0.2) is 6.61 Å². The average Bonchev–Trinajstić information content (AvgIpc) is 2.45. The third kappa shape index (κ3) is 5.05. The van der Waals surface area contributed by atoms with E-state index in [0.29, 0.717) is 19.1 Å². The molecule has 0 atom stereocenters. The van der Waals surface area contributed by atoms with E-state index in [4.69, 9.17) is 4.74 Å². The van der Waals surface area contributed by atoms with Crippen molar-refractivity contribution in [3.63, 3.8) is 0 Å². The van der Waals surface area contributed by atoms with Gasteiger partial charge in [0.25, 0.3) is 0 Å². The van der Waals surface area contributed by atoms with Gasteiger partial charge in [-0.25, -0.2) is 4.39 Å². The van der Waals surface area contributed by atoms with Crippen molar-refractivity contribution in [3.8, 4) is 5.75 Å². The fraction of sp³-hybridized carbons (Fsp3) is 0.294. The molecule has 0 saturated carbocycles. The summed E-state index contributed by atoms with van der Waals surface area (Å²) in [6.07, 6.45) is 0. The van der Waals surface area contributed by atoms with Crippen LogP contribution < -0.4 is 10.1 Å². The van der Waals surface area contributed by atoms with Crippen LogP contribution in [0.1, 0.15) is 19.4 Å². The highest BCUT2D eigenvalue weighted by atomic mass is 79.9. The van der Waals surface area contributed by atoms with Gasteiger partial charge in [0.15, 0.2) is 0 Å². The van der Waals surface area contributed by atoms with Gasteiger partial charge in [-0.1, -0.05) is 41.9 Å². The standard InChI is InChI=1S/C17H19BrFNO/c1-12(2)11-21-16-5-3-4-15(9-16)20-10-13-6-7-14(19)8-17(13)18/h3-9,12,20H,10-11H2,1-2H3. The van der Waals surface area contributed by atoms with Gasteiger partial charge in [0.05, 0.1) is 6.61 Å². The van der Waals surface area contributed by atoms with E-state index in [1.54, 1.807) is 6.07 Å². The maximum atomic E-state index is 13.0. The highest BCUT2D eigenvalue weighted by Gasteiger charge is 2.03. The average molecular weight is 352 g/mol. The molecule has 0 aliphatic rings. The minimum atomic E-state index is -0.241. The van der Waals surface area contributed by atoms with Gasteiger partial charge in [-0.05, 0) is 35.7 Å². The Morgan fingerprint density at radius 1 is 1.19 bits per heavy atom. The second-order valence-corrected chi connectivity index (χ2v) is 6.18. The summed E-state index contributed by atoms with van der Waals surface area (Å²) in [5.41, 5.74) is 1.98. The van der Waals surface area contributed by atoms with Crippen molar-refractivity contribution in [2.75, 3.05) is 11.9 Å². The maximum absolute atomic E-state index is 13.0. The van der Waals surface area contributed by atoms with Gasteiger partial charge in [0, 0.05) is 22.8 Å². The van der Waals surface area contributed by atoms with E-state index in [1.165, 1.54) is 12.1 Å². The molecule has 0 aromatic heterocycles. The molecule has 0 aliphatic carbocycles. The number of hydrogen-bond acceptors (Lipinski definition) is 2. The molecule has 0 aliphatic heterocycles. The summed E-state index contributed by atoms with van der Waals surface area (Å²) in [6, 6.07) is 12.6. The fourth-order valence-corrected chi connectivity index (χ4v) is 2.31. The van der Waals surface area contributed by atoms with Crippen LogP contribution in [0.15, 0.2) is 46.9 Å². The van der Waals surface area contributed by atoms with Crippen molar-refractivity contribution >= 4 is 21.6 Å². The third-order valence-corrected chi connectivity index (χ3v) is 3.65. The van der Waals surface area contributed by atoms with Gasteiger partial charge in [-0.2, -0.15) is 0 Å². The largest absolute Gasteiger partial charge is 0.493 e. The van der Waals surface area contributed by atoms with Crippen LogP contribution in [0.25, 0.3) is 0 Å². The Labute approximate surface area is 133 Å². The highest BCUT2D eigenvalue weighted by Crippen LogP contribution is 2.22. The van der Waals surface area contributed by atoms with Gasteiger partial charge < -0.3 is 10.1 Å². The first-order chi connectivity index (χ1) is 10.0. The number of nitrogens with one attached hydrogen (secondary N) is 1. The molecule has 0 radical (unpaired) electrons. The summed E-state index contributed by atoms with van der Waals surface area (Å²) in [4.78, 5) is 0. The topological polar surface area (TPSA) is 21.3 Å². The zero-order valence-corrected chi connectivity index (χ0v) is 13.8. The molecule has 0 fully saturated rings. The predicted molar refractivity (Wildman–Crippen MR) is 88.2 cm³/mol. The summed E-state index contributed by atoms with van der Waals surface area (Å²) < 4.78 is 19.5. The number of benzene rings is 2. The molecule has 1 N–H and O–H groups in total. The van der Waals surface area contributed by atoms with Crippen LogP contribution in [0.5, 0.6) is 5.75 Å². The van der Waals surface area contributed by atoms with E-state index >= 15 is 0 Å². The van der Waals surface area contributed by atoms with Gasteiger partial charge in [0.2, 0.25) is 0 Å². The molecule has 0 spiro atoms. The Hall–Kier alpha value is -1.55. The van der Waals surface area contributed by atoms with Crippen molar-refractivity contribution in [2.45, 2.75) is 20.4 Å². The zero-order valence-electron chi connectivity index (χ0n) is 12.2. The third-order valence-electron chi connectivity index (χ3n) is 2.92. The maximum Gasteiger partial charge on any atom is 0.124 e. The van der Waals surface area contributed by atoms with E-state index in [9.17, 15) is 4.39 Å². The Balaban J connectivity index is 1.98. The Kier molecular flexibility index (Phi) is 5.62. The lowest BCUT2D eigenvalue weighted by molar-refractivity contribution is 0.271. The van der Waals surface area contributed by atoms with Crippen molar-refractivity contribution in [1.29, 1.82) is 0 Å². The number of halogens is 2. The summed E-state index contributed by atoms with van der Waals surface area (Å²) in [5.74, 6) is 1.11. The van der Waals surface area contributed by atoms with Crippen molar-refractivity contribution in [1.82, 2.24) is 0 Å². The number of ether oxygens (including phenoxy) is 1. The zero-order chi connectivity index (χ0) is 15.2. The molecule has 4 heteroatoms. The minimum Gasteiger partial charge on any atom is -0.493 e. The lowest BCUT2D eigenvalue weighted by Crippen LogP contribution is -2.05. The SMILES string of the molecule is CC(C)COc1cccc(NCc2ccc(F)cc2Br)c1. The minimum absolute atomic E-state index is 0.241. The smallest absolute Gasteiger partial charge is 0.124 e. The summed E-state index contributed by atoms with van der Waals surface area (Å²) >= 11 is 3.37. The first-order valence-electron chi connectivity index (χ1n) is 6.95. The lowest BCUT2D eigenvalue weighted by Gasteiger charge is -2.12. The Morgan fingerprint density at radius 2 is 2.00 bits per heavy atom. The molecule has 112 valence electrons. The fourth-order valence-electron chi connectivity index (χ4n) is 1.82. The van der Waals surface area contributed by atoms with E-state index in [2.05, 4.69) is 35.1 Å². The summed E-state index contributed by atoms with van der Waals surface area (Å²) in [5, 5.41) is 3.32. The van der Waals surface area contributed by atoms with Crippen LogP contribution in [0.3, 0.4) is 0 Å². The monoisotopic (exact) mass is 351 g/mol. The lowest BCUT2D eigenvalue weighted by atomic mass is 10.2. The molecule has 2 nitrogen and oxygen atoms in total. The molecular weight excluding hydrogens is 333 g/mol. The molecule has 2 rings (SSSR count). The van der Waals surface area contributed by atoms with Crippen LogP contribution in [-0.2, 0) is 6.54 Å². The number of anilines is 1. The van der Waals surface area contributed by atoms with Gasteiger partial charge in [-0.3, -0.25) is 0 Å². The van der Waals surface area contributed by atoms with E-state index in [1.807, 2.05) is 24.3 Å². The molecule has 2 aromatic rings. The molecule has 2 aromatic carbocycles. The van der Waals surface area contributed by atoms with Gasteiger partial charge in [-0.15, -0.1) is 0 Å². The predicted octanol–water partition coefficient (Wildman–Crippen LogP) is 5.24. The van der Waals surface area contributed by atoms with Crippen LogP contribution in [0.2, 0.25) is 0 Å². The van der Waals surface area contributed by atoms with Crippen molar-refractivity contribution < 1.29 is 9.13 Å². The summed E-state index contributed by atoms with van der Waals surface area (Å²) in [7, 11) is 0. The first-order valence-corrected chi connectivity index (χ1v) is 7.74. The quantitative estimate of drug-likeness (QED) is 0.768. The van der Waals surface area contributed by atoms with E-state index in [-0.39, 0.29) is 5.82 Å². The molecule has 0 amide bonds. The first kappa shape index (κ1) is 15.8. The molecule has 0 bridgehead atoms. The second kappa shape index (κ2) is 7.46. The Morgan fingerprint density at radius 3 is 2.71 bits per heavy atom. The second-order valence-electron chi connectivity index (χ2n) is 5.32. The number of rotatable bonds is 6. The molecule has 0 saturated heterocycles. The normalized spacial score (nSPS) is 10.7. The van der Waals surface area contributed by atoms with Crippen molar-refractivity contribution in [3.05, 3.63) is 58.3 Å². The molecule has 0 heterocycles. The van der Waals surface area contributed by atoms with Gasteiger partial charge in [0.1, 0.15) is 11.6 Å². The van der Waals surface area contributed by atoms with E-state index in [0.717, 1.165) is 21.5 Å². The van der Waals surface area contributed by atoms with Crippen molar-refractivity contribution in [2.24, 2.45) is 5.92 Å². The van der Waals surface area contributed by atoms with E-state index < -0.39 is 0 Å². The number of hydrogen-bond donors (Lipinski definition) is 1. The highest BCUT2D eigenvalue weighted by molar-refractivity contribution is 9.10. The molecule has 21 heavy (non-hydrogen) atoms. The van der Waals surface area contributed by atoms with Crippen LogP contribution in [0, 0.1) is 11.7 Å². The van der Waals surface area contributed by atoms with Crippen LogP contribution >= 0.6 is 15.9 Å². The van der Waals surface area contributed by atoms with Gasteiger partial charge >= 0.3 is 0 Å². The molecular formula is C17H19BrFNO. The Bertz CT molecular complexity index is 601. The summed E-state index contributed by atoms with van der Waals surface area (Å²) in [6.45, 7) is 5.56. The van der Waals surface area contributed by atoms with Crippen LogP contribution in [0.4, 0.5) is 10.1 Å². The molecule has 0 unspecified atom stereocenters.